The summed E-state index contributed by atoms with van der Waals surface area (Å²) in [7, 11) is 0. The van der Waals surface area contributed by atoms with E-state index < -0.39 is 46.9 Å². The Morgan fingerprint density at radius 3 is 1.34 bits per heavy atom. The number of aromatic nitrogens is 2. The second-order valence-corrected chi connectivity index (χ2v) is 12.8. The van der Waals surface area contributed by atoms with E-state index in [1.165, 1.54) is 12.1 Å². The van der Waals surface area contributed by atoms with Gasteiger partial charge in [0, 0.05) is 27.1 Å². The van der Waals surface area contributed by atoms with Crippen LogP contribution in [0.25, 0.3) is 71.0 Å². The lowest BCUT2D eigenvalue weighted by Crippen LogP contribution is -2.08. The van der Waals surface area contributed by atoms with Crippen molar-refractivity contribution in [3.8, 4) is 28.6 Å². The van der Waals surface area contributed by atoms with Crippen molar-refractivity contribution in [3.63, 3.8) is 0 Å². The first-order valence-electron chi connectivity index (χ1n) is 16.2. The molecular weight excluding hydrogens is 757 g/mol. The van der Waals surface area contributed by atoms with Crippen LogP contribution in [0.4, 0.5) is 54.0 Å². The van der Waals surface area contributed by atoms with Crippen LogP contribution in [0.1, 0.15) is 22.3 Å². The standard InChI is InChI=1S/C41H17F11N4/c1-54-32-18-38(56-35-15-23(41(50,51)52)5-10-28(35)29-11-6-24(42)16-36(29)56)37(17-30(32)25-7-2-20(19-53)12-31(25)43)55-33-13-21(39(44,45)46)3-8-26(33)27-9-4-22(14-34(27)55)40(47,48)49/h2-18H. The summed E-state index contributed by atoms with van der Waals surface area (Å²) < 4.78 is 161. The van der Waals surface area contributed by atoms with Gasteiger partial charge in [0.15, 0.2) is 5.69 Å². The lowest BCUT2D eigenvalue weighted by atomic mass is 9.99. The molecule has 6 aromatic carbocycles. The largest absolute Gasteiger partial charge is 0.416 e. The van der Waals surface area contributed by atoms with Gasteiger partial charge in [0.2, 0.25) is 0 Å². The number of rotatable bonds is 3. The molecule has 0 amide bonds. The Balaban J connectivity index is 1.63. The topological polar surface area (TPSA) is 38.0 Å². The van der Waals surface area contributed by atoms with Gasteiger partial charge in [-0.2, -0.15) is 44.8 Å². The first-order valence-corrected chi connectivity index (χ1v) is 16.2. The normalized spacial score (nSPS) is 12.5. The predicted octanol–water partition coefficient (Wildman–Crippen LogP) is 13.3. The third-order valence-electron chi connectivity index (χ3n) is 9.56. The number of benzene rings is 6. The van der Waals surface area contributed by atoms with E-state index >= 15 is 8.78 Å². The molecule has 0 saturated carbocycles. The summed E-state index contributed by atoms with van der Waals surface area (Å²) in [4.78, 5) is 3.52. The number of halogens is 11. The molecule has 8 aromatic rings. The van der Waals surface area contributed by atoms with Crippen molar-refractivity contribution in [1.29, 1.82) is 5.26 Å². The van der Waals surface area contributed by atoms with Crippen molar-refractivity contribution in [1.82, 2.24) is 9.13 Å². The third-order valence-corrected chi connectivity index (χ3v) is 9.56. The summed E-state index contributed by atoms with van der Waals surface area (Å²) in [5, 5.41) is 9.79. The van der Waals surface area contributed by atoms with E-state index in [9.17, 15) is 44.8 Å². The zero-order valence-electron chi connectivity index (χ0n) is 27.8. The maximum absolute atomic E-state index is 15.7. The summed E-state index contributed by atoms with van der Waals surface area (Å²) in [6.07, 6.45) is -14.8. The molecule has 0 radical (unpaired) electrons. The average Bonchev–Trinajstić information content (AvgIpc) is 3.64. The Morgan fingerprint density at radius 1 is 0.500 bits per heavy atom. The van der Waals surface area contributed by atoms with E-state index in [1.54, 1.807) is 6.07 Å². The van der Waals surface area contributed by atoms with Crippen LogP contribution in [-0.4, -0.2) is 9.13 Å². The molecule has 0 fully saturated rings. The SMILES string of the molecule is [C-]#[N+]c1cc(-n2c3cc(F)ccc3c3ccc(C(F)(F)F)cc32)c(-n2c3cc(C(F)(F)F)ccc3c3ccc(C(F)(F)F)cc32)cc1-c1ccc(C#N)cc1F. The van der Waals surface area contributed by atoms with Crippen molar-refractivity contribution in [2.24, 2.45) is 0 Å². The summed E-state index contributed by atoms with van der Waals surface area (Å²) >= 11 is 0. The Bertz CT molecular complexity index is 2970. The minimum absolute atomic E-state index is 0.0423. The molecule has 0 bridgehead atoms. The lowest BCUT2D eigenvalue weighted by Gasteiger charge is -2.20. The molecule has 0 aliphatic carbocycles. The summed E-state index contributed by atoms with van der Waals surface area (Å²) in [5.41, 5.74) is -5.97. The molecule has 2 aromatic heterocycles. The molecule has 0 atom stereocenters. The van der Waals surface area contributed by atoms with Crippen LogP contribution in [0.2, 0.25) is 0 Å². The lowest BCUT2D eigenvalue weighted by molar-refractivity contribution is -0.138. The Labute approximate surface area is 307 Å². The molecular formula is C41H17F11N4. The monoisotopic (exact) mass is 774 g/mol. The molecule has 0 aliphatic heterocycles. The number of fused-ring (bicyclic) bond motifs is 6. The first kappa shape index (κ1) is 36.1. The Hall–Kier alpha value is -6.87. The quantitative estimate of drug-likeness (QED) is 0.130. The third kappa shape index (κ3) is 5.74. The molecule has 8 rings (SSSR count). The summed E-state index contributed by atoms with van der Waals surface area (Å²) in [5.74, 6) is -1.86. The van der Waals surface area contributed by atoms with Gasteiger partial charge in [0.1, 0.15) is 11.6 Å². The summed E-state index contributed by atoms with van der Waals surface area (Å²) in [6.45, 7) is 8.06. The highest BCUT2D eigenvalue weighted by atomic mass is 19.4. The molecule has 56 heavy (non-hydrogen) atoms. The van der Waals surface area contributed by atoms with Crippen molar-refractivity contribution >= 4 is 49.3 Å². The fourth-order valence-corrected chi connectivity index (χ4v) is 7.09. The van der Waals surface area contributed by atoms with Crippen LogP contribution >= 0.6 is 0 Å². The van der Waals surface area contributed by atoms with Crippen molar-refractivity contribution in [2.45, 2.75) is 18.5 Å². The second-order valence-electron chi connectivity index (χ2n) is 12.8. The highest BCUT2D eigenvalue weighted by Crippen LogP contribution is 2.46. The minimum Gasteiger partial charge on any atom is -0.308 e. The van der Waals surface area contributed by atoms with Crippen LogP contribution in [-0.2, 0) is 18.5 Å². The zero-order valence-corrected chi connectivity index (χ0v) is 27.8. The first-order chi connectivity index (χ1) is 26.4. The van der Waals surface area contributed by atoms with Crippen LogP contribution in [0.5, 0.6) is 0 Å². The molecule has 2 heterocycles. The molecule has 4 nitrogen and oxygen atoms in total. The Morgan fingerprint density at radius 2 is 0.929 bits per heavy atom. The van der Waals surface area contributed by atoms with Crippen LogP contribution in [0.15, 0.2) is 103 Å². The second kappa shape index (κ2) is 12.3. The smallest absolute Gasteiger partial charge is 0.308 e. The number of hydrogen-bond donors (Lipinski definition) is 0. The van der Waals surface area contributed by atoms with E-state index in [-0.39, 0.29) is 77.4 Å². The van der Waals surface area contributed by atoms with Crippen LogP contribution in [0, 0.1) is 29.5 Å². The van der Waals surface area contributed by atoms with E-state index in [4.69, 9.17) is 6.57 Å². The number of nitriles is 1. The fourth-order valence-electron chi connectivity index (χ4n) is 7.09. The van der Waals surface area contributed by atoms with E-state index in [0.29, 0.717) is 12.1 Å². The molecule has 15 heteroatoms. The van der Waals surface area contributed by atoms with E-state index in [1.807, 2.05) is 0 Å². The maximum atomic E-state index is 15.7. The van der Waals surface area contributed by atoms with Crippen LogP contribution < -0.4 is 0 Å². The van der Waals surface area contributed by atoms with Gasteiger partial charge in [-0.1, -0.05) is 24.3 Å². The highest BCUT2D eigenvalue weighted by molar-refractivity contribution is 6.12. The van der Waals surface area contributed by atoms with E-state index in [2.05, 4.69) is 4.85 Å². The molecule has 0 aliphatic rings. The number of nitrogens with zero attached hydrogens (tertiary/aromatic N) is 4. The van der Waals surface area contributed by atoms with Gasteiger partial charge in [-0.05, 0) is 84.4 Å². The van der Waals surface area contributed by atoms with E-state index in [0.717, 1.165) is 88.0 Å². The molecule has 0 N–H and O–H groups in total. The Kier molecular flexibility index (Phi) is 7.95. The zero-order chi connectivity index (χ0) is 40.1. The molecule has 0 saturated heterocycles. The van der Waals surface area contributed by atoms with Crippen molar-refractivity contribution in [2.75, 3.05) is 0 Å². The van der Waals surface area contributed by atoms with Gasteiger partial charge in [-0.15, -0.1) is 0 Å². The minimum atomic E-state index is -4.95. The molecule has 278 valence electrons. The van der Waals surface area contributed by atoms with Gasteiger partial charge in [-0.25, -0.2) is 13.6 Å². The molecule has 0 spiro atoms. The van der Waals surface area contributed by atoms with Gasteiger partial charge in [-0.3, -0.25) is 0 Å². The van der Waals surface area contributed by atoms with Gasteiger partial charge in [0.05, 0.1) is 68.3 Å². The summed E-state index contributed by atoms with van der Waals surface area (Å²) in [6, 6.07) is 18.2. The van der Waals surface area contributed by atoms with Crippen molar-refractivity contribution < 1.29 is 48.3 Å². The van der Waals surface area contributed by atoms with Crippen LogP contribution in [0.3, 0.4) is 0 Å². The fraction of sp³-hybridized carbons (Fsp3) is 0.0732. The van der Waals surface area contributed by atoms with Gasteiger partial charge in [0.25, 0.3) is 0 Å². The number of hydrogen-bond acceptors (Lipinski definition) is 1. The molecule has 0 unspecified atom stereocenters. The van der Waals surface area contributed by atoms with Gasteiger partial charge >= 0.3 is 18.5 Å². The van der Waals surface area contributed by atoms with Crippen molar-refractivity contribution in [3.05, 3.63) is 148 Å². The average molecular weight is 775 g/mol. The maximum Gasteiger partial charge on any atom is 0.416 e. The predicted molar refractivity (Wildman–Crippen MR) is 186 cm³/mol. The number of alkyl halides is 9. The van der Waals surface area contributed by atoms with Gasteiger partial charge < -0.3 is 9.13 Å². The highest BCUT2D eigenvalue weighted by Gasteiger charge is 2.35.